The number of hydrogen-bond donors (Lipinski definition) is 1. The molecular weight excluding hydrogens is 230 g/mol. The van der Waals surface area contributed by atoms with Crippen LogP contribution in [0, 0.1) is 6.92 Å². The van der Waals surface area contributed by atoms with E-state index in [-0.39, 0.29) is 12.1 Å². The van der Waals surface area contributed by atoms with Gasteiger partial charge < -0.3 is 14.7 Å². The Balaban J connectivity index is 2.45. The third-order valence-electron chi connectivity index (χ3n) is 3.36. The molecule has 1 saturated heterocycles. The van der Waals surface area contributed by atoms with Gasteiger partial charge in [-0.25, -0.2) is 4.79 Å². The summed E-state index contributed by atoms with van der Waals surface area (Å²) in [5.41, 5.74) is 2.19. The molecule has 0 aliphatic carbocycles. The third-order valence-corrected chi connectivity index (χ3v) is 3.36. The summed E-state index contributed by atoms with van der Waals surface area (Å²) in [6, 6.07) is 5.60. The number of aryl methyl sites for hydroxylation is 1. The topological polar surface area (TPSA) is 49.8 Å². The number of para-hydroxylation sites is 1. The number of ether oxygens (including phenoxy) is 1. The van der Waals surface area contributed by atoms with Crippen molar-refractivity contribution in [1.82, 2.24) is 0 Å². The maximum Gasteiger partial charge on any atom is 0.337 e. The minimum Gasteiger partial charge on any atom is -0.478 e. The number of benzene rings is 1. The van der Waals surface area contributed by atoms with Gasteiger partial charge in [-0.15, -0.1) is 0 Å². The van der Waals surface area contributed by atoms with E-state index in [9.17, 15) is 9.90 Å². The van der Waals surface area contributed by atoms with Crippen LogP contribution >= 0.6 is 0 Å². The highest BCUT2D eigenvalue weighted by Gasteiger charge is 2.27. The van der Waals surface area contributed by atoms with Gasteiger partial charge in [0.25, 0.3) is 0 Å². The van der Waals surface area contributed by atoms with Crippen molar-refractivity contribution in [3.8, 4) is 0 Å². The van der Waals surface area contributed by atoms with Crippen molar-refractivity contribution in [3.63, 3.8) is 0 Å². The van der Waals surface area contributed by atoms with Gasteiger partial charge in [0.1, 0.15) is 0 Å². The molecule has 0 radical (unpaired) electrons. The fourth-order valence-corrected chi connectivity index (χ4v) is 2.43. The van der Waals surface area contributed by atoms with Crippen molar-refractivity contribution in [3.05, 3.63) is 29.3 Å². The first-order valence-corrected chi connectivity index (χ1v) is 6.22. The number of carboxylic acid groups (broad SMARTS) is 1. The van der Waals surface area contributed by atoms with Gasteiger partial charge in [-0.3, -0.25) is 0 Å². The number of nitrogens with zero attached hydrogens (tertiary/aromatic N) is 1. The van der Waals surface area contributed by atoms with Gasteiger partial charge in [-0.1, -0.05) is 12.1 Å². The summed E-state index contributed by atoms with van der Waals surface area (Å²) >= 11 is 0. The molecule has 2 rings (SSSR count). The number of carbonyl (C=O) groups is 1. The van der Waals surface area contributed by atoms with Crippen molar-refractivity contribution in [1.29, 1.82) is 0 Å². The van der Waals surface area contributed by atoms with Crippen LogP contribution < -0.4 is 4.90 Å². The number of rotatable bonds is 2. The molecule has 0 saturated carbocycles. The van der Waals surface area contributed by atoms with Crippen LogP contribution in [0.25, 0.3) is 0 Å². The Labute approximate surface area is 107 Å². The first kappa shape index (κ1) is 12.9. The molecule has 1 aromatic rings. The number of hydrogen-bond acceptors (Lipinski definition) is 3. The molecule has 0 spiro atoms. The number of carboxylic acids is 1. The van der Waals surface area contributed by atoms with E-state index >= 15 is 0 Å². The number of aromatic carboxylic acids is 1. The highest BCUT2D eigenvalue weighted by Crippen LogP contribution is 2.29. The third kappa shape index (κ3) is 2.34. The van der Waals surface area contributed by atoms with E-state index in [1.807, 2.05) is 19.9 Å². The average Bonchev–Trinajstić information content (AvgIpc) is 2.32. The smallest absolute Gasteiger partial charge is 0.337 e. The van der Waals surface area contributed by atoms with E-state index < -0.39 is 5.97 Å². The summed E-state index contributed by atoms with van der Waals surface area (Å²) in [6.45, 7) is 7.39. The van der Waals surface area contributed by atoms with Crippen LogP contribution in [0.2, 0.25) is 0 Å². The predicted octanol–water partition coefficient (Wildman–Crippen LogP) is 2.31. The van der Waals surface area contributed by atoms with Crippen LogP contribution in [0.4, 0.5) is 5.69 Å². The van der Waals surface area contributed by atoms with E-state index in [0.717, 1.165) is 17.8 Å². The van der Waals surface area contributed by atoms with E-state index in [0.29, 0.717) is 12.2 Å². The normalized spacial score (nSPS) is 24.1. The molecule has 4 nitrogen and oxygen atoms in total. The molecule has 0 bridgehead atoms. The van der Waals surface area contributed by atoms with Gasteiger partial charge in [0.15, 0.2) is 0 Å². The Hall–Kier alpha value is -1.55. The maximum atomic E-state index is 11.3. The zero-order valence-electron chi connectivity index (χ0n) is 11.0. The minimum absolute atomic E-state index is 0.127. The van der Waals surface area contributed by atoms with Crippen molar-refractivity contribution in [2.24, 2.45) is 0 Å². The lowest BCUT2D eigenvalue weighted by molar-refractivity contribution is 0.0341. The Morgan fingerprint density at radius 2 is 2.17 bits per heavy atom. The highest BCUT2D eigenvalue weighted by molar-refractivity contribution is 5.95. The van der Waals surface area contributed by atoms with Crippen molar-refractivity contribution < 1.29 is 14.6 Å². The first-order valence-electron chi connectivity index (χ1n) is 6.22. The van der Waals surface area contributed by atoms with Gasteiger partial charge in [-0.2, -0.15) is 0 Å². The Morgan fingerprint density at radius 3 is 2.83 bits per heavy atom. The molecular formula is C14H19NO3. The van der Waals surface area contributed by atoms with E-state index in [1.54, 1.807) is 12.1 Å². The molecule has 4 heteroatoms. The molecule has 1 N–H and O–H groups in total. The van der Waals surface area contributed by atoms with Gasteiger partial charge in [0.2, 0.25) is 0 Å². The summed E-state index contributed by atoms with van der Waals surface area (Å²) in [4.78, 5) is 13.5. The van der Waals surface area contributed by atoms with Crippen LogP contribution in [-0.4, -0.2) is 36.4 Å². The monoisotopic (exact) mass is 249 g/mol. The minimum atomic E-state index is -0.875. The summed E-state index contributed by atoms with van der Waals surface area (Å²) < 4.78 is 5.59. The lowest BCUT2D eigenvalue weighted by Gasteiger charge is -2.39. The molecule has 1 aliphatic heterocycles. The van der Waals surface area contributed by atoms with Crippen molar-refractivity contribution in [2.45, 2.75) is 32.9 Å². The van der Waals surface area contributed by atoms with Crippen LogP contribution in [0.1, 0.15) is 29.8 Å². The molecule has 1 aliphatic rings. The van der Waals surface area contributed by atoms with Crippen LogP contribution in [-0.2, 0) is 4.74 Å². The van der Waals surface area contributed by atoms with Crippen LogP contribution in [0.3, 0.4) is 0 Å². The van der Waals surface area contributed by atoms with Crippen LogP contribution in [0.15, 0.2) is 18.2 Å². The quantitative estimate of drug-likeness (QED) is 0.873. The highest BCUT2D eigenvalue weighted by atomic mass is 16.5. The Kier molecular flexibility index (Phi) is 3.57. The molecule has 2 atom stereocenters. The Bertz CT molecular complexity index is 458. The number of morpholine rings is 1. The second-order valence-corrected chi connectivity index (χ2v) is 4.92. The fourth-order valence-electron chi connectivity index (χ4n) is 2.43. The van der Waals surface area contributed by atoms with Crippen LogP contribution in [0.5, 0.6) is 0 Å². The zero-order chi connectivity index (χ0) is 13.3. The van der Waals surface area contributed by atoms with E-state index in [1.165, 1.54) is 0 Å². The molecule has 1 fully saturated rings. The zero-order valence-corrected chi connectivity index (χ0v) is 11.0. The molecule has 0 aromatic heterocycles. The standard InChI is InChI=1S/C14H19NO3/c1-9-5-4-6-12(14(16)17)13(9)15-7-11(3)18-8-10(15)2/h4-6,10-11H,7-8H2,1-3H3,(H,16,17). The average molecular weight is 249 g/mol. The molecule has 18 heavy (non-hydrogen) atoms. The molecule has 0 amide bonds. The SMILES string of the molecule is Cc1cccc(C(=O)O)c1N1CC(C)OCC1C. The summed E-state index contributed by atoms with van der Waals surface area (Å²) in [5, 5.41) is 9.31. The molecule has 1 heterocycles. The lowest BCUT2D eigenvalue weighted by atomic mass is 10.0. The Morgan fingerprint density at radius 1 is 1.44 bits per heavy atom. The fraction of sp³-hybridized carbons (Fsp3) is 0.500. The molecule has 1 aromatic carbocycles. The lowest BCUT2D eigenvalue weighted by Crippen LogP contribution is -2.48. The number of anilines is 1. The summed E-state index contributed by atoms with van der Waals surface area (Å²) in [6.07, 6.45) is 0.127. The summed E-state index contributed by atoms with van der Waals surface area (Å²) in [7, 11) is 0. The molecule has 98 valence electrons. The van der Waals surface area contributed by atoms with Crippen molar-refractivity contribution >= 4 is 11.7 Å². The summed E-state index contributed by atoms with van der Waals surface area (Å²) in [5.74, 6) is -0.875. The largest absolute Gasteiger partial charge is 0.478 e. The first-order chi connectivity index (χ1) is 8.50. The van der Waals surface area contributed by atoms with E-state index in [4.69, 9.17) is 4.74 Å². The van der Waals surface area contributed by atoms with Gasteiger partial charge in [0, 0.05) is 12.6 Å². The van der Waals surface area contributed by atoms with Gasteiger partial charge >= 0.3 is 5.97 Å². The van der Waals surface area contributed by atoms with E-state index in [2.05, 4.69) is 11.8 Å². The maximum absolute atomic E-state index is 11.3. The van der Waals surface area contributed by atoms with Gasteiger partial charge in [-0.05, 0) is 32.4 Å². The predicted molar refractivity (Wildman–Crippen MR) is 70.4 cm³/mol. The second kappa shape index (κ2) is 4.98. The van der Waals surface area contributed by atoms with Gasteiger partial charge in [0.05, 0.1) is 24.0 Å². The second-order valence-electron chi connectivity index (χ2n) is 4.92. The molecule has 2 unspecified atom stereocenters. The van der Waals surface area contributed by atoms with Crippen molar-refractivity contribution in [2.75, 3.05) is 18.1 Å².